The second-order valence-electron chi connectivity index (χ2n) is 9.34. The summed E-state index contributed by atoms with van der Waals surface area (Å²) in [6.45, 7) is 1.48. The number of amides is 1. The van der Waals surface area contributed by atoms with Gasteiger partial charge in [-0.3, -0.25) is 15.0 Å². The number of carbonyl (C=O) groups excluding carboxylic acids is 1. The number of nitrogen functional groups attached to an aromatic ring is 1. The van der Waals surface area contributed by atoms with Gasteiger partial charge in [0, 0.05) is 60.5 Å². The van der Waals surface area contributed by atoms with Crippen LogP contribution in [0.3, 0.4) is 0 Å². The number of H-pyrrole nitrogens is 1. The number of rotatable bonds is 6. The van der Waals surface area contributed by atoms with E-state index in [1.165, 1.54) is 26.6 Å². The van der Waals surface area contributed by atoms with Crippen molar-refractivity contribution in [3.05, 3.63) is 45.4 Å². The van der Waals surface area contributed by atoms with Crippen molar-refractivity contribution in [2.45, 2.75) is 30.5 Å². The number of likely N-dealkylation sites (N-methyl/N-ethyl adjacent to an activating group) is 1. The third-order valence-corrected chi connectivity index (χ3v) is 9.60. The minimum atomic E-state index is -4.00. The van der Waals surface area contributed by atoms with E-state index in [1.807, 2.05) is 7.05 Å². The molecule has 0 bridgehead atoms. The van der Waals surface area contributed by atoms with Gasteiger partial charge in [0.2, 0.25) is 0 Å². The highest BCUT2D eigenvalue weighted by Crippen LogP contribution is 2.29. The van der Waals surface area contributed by atoms with Crippen LogP contribution in [0.15, 0.2) is 29.3 Å². The van der Waals surface area contributed by atoms with E-state index in [9.17, 15) is 23.1 Å². The van der Waals surface area contributed by atoms with Crippen LogP contribution in [0.1, 0.15) is 32.4 Å². The average Bonchev–Trinajstić information content (AvgIpc) is 3.47. The van der Waals surface area contributed by atoms with Gasteiger partial charge in [0.15, 0.2) is 5.01 Å². The number of nitrogens with two attached hydrogens (primary N) is 1. The predicted octanol–water partition coefficient (Wildman–Crippen LogP) is 0.886. The number of fused-ring (bicyclic) bond motifs is 2. The van der Waals surface area contributed by atoms with Gasteiger partial charge in [-0.2, -0.15) is 4.31 Å². The lowest BCUT2D eigenvalue weighted by Crippen LogP contribution is -2.57. The SMILES string of the molecule is CN1CCc2nc(C(=O)N3CCN(S(=O)(=O)c4cc5cc(C(=N)N)ccc5[nH]4)CC3CC(=O)O)sc2C1. The molecule has 0 radical (unpaired) electrons. The maximum Gasteiger partial charge on any atom is 0.305 e. The van der Waals surface area contributed by atoms with Crippen molar-refractivity contribution >= 4 is 50.0 Å². The summed E-state index contributed by atoms with van der Waals surface area (Å²) in [5.41, 5.74) is 7.48. The highest BCUT2D eigenvalue weighted by molar-refractivity contribution is 7.89. The van der Waals surface area contributed by atoms with Crippen molar-refractivity contribution in [3.63, 3.8) is 0 Å². The van der Waals surface area contributed by atoms with Crippen LogP contribution >= 0.6 is 11.3 Å². The molecule has 1 atom stereocenters. The molecule has 1 fully saturated rings. The van der Waals surface area contributed by atoms with Gasteiger partial charge < -0.3 is 25.6 Å². The van der Waals surface area contributed by atoms with Crippen molar-refractivity contribution in [2.75, 3.05) is 33.2 Å². The predicted molar refractivity (Wildman–Crippen MR) is 137 cm³/mol. The van der Waals surface area contributed by atoms with Crippen LogP contribution in [0.5, 0.6) is 0 Å². The van der Waals surface area contributed by atoms with Gasteiger partial charge in [-0.1, -0.05) is 0 Å². The fraction of sp³-hybridized carbons (Fsp3) is 0.391. The highest BCUT2D eigenvalue weighted by atomic mass is 32.2. The van der Waals surface area contributed by atoms with Crippen LogP contribution in [-0.2, 0) is 27.8 Å². The minimum absolute atomic E-state index is 0.0199. The molecule has 1 saturated heterocycles. The lowest BCUT2D eigenvalue weighted by Gasteiger charge is -2.39. The van der Waals surface area contributed by atoms with Gasteiger partial charge in [0.05, 0.1) is 18.2 Å². The number of aromatic amines is 1. The highest BCUT2D eigenvalue weighted by Gasteiger charge is 2.39. The summed E-state index contributed by atoms with van der Waals surface area (Å²) >= 11 is 1.32. The second kappa shape index (κ2) is 9.52. The first-order valence-electron chi connectivity index (χ1n) is 11.7. The van der Waals surface area contributed by atoms with E-state index in [-0.39, 0.29) is 42.8 Å². The number of benzene rings is 1. The maximum atomic E-state index is 13.5. The molecule has 3 aromatic rings. The number of thiazole rings is 1. The summed E-state index contributed by atoms with van der Waals surface area (Å²) in [6.07, 6.45) is 0.360. The summed E-state index contributed by atoms with van der Waals surface area (Å²) in [5.74, 6) is -1.62. The number of carboxylic acids is 1. The van der Waals surface area contributed by atoms with Crippen LogP contribution < -0.4 is 5.73 Å². The van der Waals surface area contributed by atoms with Crippen molar-refractivity contribution in [1.82, 2.24) is 24.1 Å². The molecule has 0 spiro atoms. The number of hydrogen-bond donors (Lipinski definition) is 4. The smallest absolute Gasteiger partial charge is 0.305 e. The van der Waals surface area contributed by atoms with Crippen LogP contribution in [0.25, 0.3) is 10.9 Å². The molecule has 14 heteroatoms. The minimum Gasteiger partial charge on any atom is -0.481 e. The van der Waals surface area contributed by atoms with E-state index in [1.54, 1.807) is 18.2 Å². The summed E-state index contributed by atoms with van der Waals surface area (Å²) in [4.78, 5) is 37.1. The Kier molecular flexibility index (Phi) is 6.52. The van der Waals surface area contributed by atoms with Crippen LogP contribution in [0, 0.1) is 5.41 Å². The van der Waals surface area contributed by atoms with Crippen molar-refractivity contribution < 1.29 is 23.1 Å². The number of hydrogen-bond acceptors (Lipinski definition) is 8. The van der Waals surface area contributed by atoms with Gasteiger partial charge in [0.25, 0.3) is 15.9 Å². The zero-order valence-electron chi connectivity index (χ0n) is 20.1. The van der Waals surface area contributed by atoms with Crippen LogP contribution in [0.4, 0.5) is 0 Å². The summed E-state index contributed by atoms with van der Waals surface area (Å²) < 4.78 is 28.2. The number of nitrogens with one attached hydrogen (secondary N) is 2. The van der Waals surface area contributed by atoms with Gasteiger partial charge >= 0.3 is 5.97 Å². The van der Waals surface area contributed by atoms with Crippen LogP contribution in [-0.4, -0.2) is 94.6 Å². The molecule has 196 valence electrons. The van der Waals surface area contributed by atoms with Crippen LogP contribution in [0.2, 0.25) is 0 Å². The van der Waals surface area contributed by atoms with E-state index >= 15 is 0 Å². The topological polar surface area (TPSA) is 177 Å². The lowest BCUT2D eigenvalue weighted by molar-refractivity contribution is -0.138. The van der Waals surface area contributed by atoms with E-state index in [4.69, 9.17) is 11.1 Å². The standard InChI is InChI=1S/C23H27N7O5S2/c1-28-5-4-17-18(12-28)36-22(27-17)23(33)30-7-6-29(11-15(30)10-20(31)32)37(34,35)19-9-14-8-13(21(24)25)2-3-16(14)26-19/h2-3,8-9,15,26H,4-7,10-12H2,1H3,(H3,24,25)(H,31,32). The Bertz CT molecular complexity index is 1510. The first-order chi connectivity index (χ1) is 17.5. The molecule has 0 saturated carbocycles. The summed E-state index contributed by atoms with van der Waals surface area (Å²) in [5, 5.41) is 18.0. The van der Waals surface area contributed by atoms with E-state index in [0.29, 0.717) is 28.0 Å². The monoisotopic (exact) mass is 545 g/mol. The molecule has 1 amide bonds. The zero-order chi connectivity index (χ0) is 26.5. The van der Waals surface area contributed by atoms with Crippen molar-refractivity contribution in [3.8, 4) is 0 Å². The maximum absolute atomic E-state index is 13.5. The first kappa shape index (κ1) is 25.3. The van der Waals surface area contributed by atoms with Crippen molar-refractivity contribution in [2.24, 2.45) is 5.73 Å². The van der Waals surface area contributed by atoms with Gasteiger partial charge in [-0.25, -0.2) is 13.4 Å². The number of nitrogens with zero attached hydrogens (tertiary/aromatic N) is 4. The Morgan fingerprint density at radius 2 is 2.05 bits per heavy atom. The van der Waals surface area contributed by atoms with Crippen molar-refractivity contribution in [1.29, 1.82) is 5.41 Å². The quantitative estimate of drug-likeness (QED) is 0.261. The number of piperazine rings is 1. The molecule has 5 N–H and O–H groups in total. The molecule has 37 heavy (non-hydrogen) atoms. The van der Waals surface area contributed by atoms with E-state index < -0.39 is 22.0 Å². The molecular formula is C23H27N7O5S2. The molecule has 1 unspecified atom stereocenters. The zero-order valence-corrected chi connectivity index (χ0v) is 21.7. The van der Waals surface area contributed by atoms with E-state index in [2.05, 4.69) is 14.9 Å². The Balaban J connectivity index is 1.39. The Morgan fingerprint density at radius 3 is 2.78 bits per heavy atom. The second-order valence-corrected chi connectivity index (χ2v) is 12.3. The molecule has 2 aromatic heterocycles. The Labute approximate surface area is 217 Å². The van der Waals surface area contributed by atoms with Gasteiger partial charge in [-0.15, -0.1) is 11.3 Å². The molecule has 2 aliphatic rings. The number of aliphatic carboxylic acids is 1. The van der Waals surface area contributed by atoms with Gasteiger partial charge in [0.1, 0.15) is 10.9 Å². The number of amidine groups is 1. The number of carboxylic acid groups (broad SMARTS) is 1. The molecule has 1 aromatic carbocycles. The molecular weight excluding hydrogens is 518 g/mol. The molecule has 4 heterocycles. The Hall–Kier alpha value is -3.33. The number of sulfonamides is 1. The molecule has 5 rings (SSSR count). The Morgan fingerprint density at radius 1 is 1.27 bits per heavy atom. The fourth-order valence-corrected chi connectivity index (χ4v) is 7.41. The largest absolute Gasteiger partial charge is 0.481 e. The fourth-order valence-electron chi connectivity index (χ4n) is 4.78. The van der Waals surface area contributed by atoms with Gasteiger partial charge in [-0.05, 0) is 31.3 Å². The molecule has 12 nitrogen and oxygen atoms in total. The third kappa shape index (κ3) is 4.84. The molecule has 2 aliphatic heterocycles. The summed E-state index contributed by atoms with van der Waals surface area (Å²) in [7, 11) is -2.00. The average molecular weight is 546 g/mol. The molecule has 0 aliphatic carbocycles. The third-order valence-electron chi connectivity index (χ3n) is 6.75. The number of aromatic nitrogens is 2. The lowest BCUT2D eigenvalue weighted by atomic mass is 10.1. The van der Waals surface area contributed by atoms with E-state index in [0.717, 1.165) is 23.5 Å². The first-order valence-corrected chi connectivity index (χ1v) is 14.0. The number of carbonyl (C=O) groups is 2. The normalized spacial score (nSPS) is 19.2. The summed E-state index contributed by atoms with van der Waals surface area (Å²) in [6, 6.07) is 5.53.